The first-order valence-corrected chi connectivity index (χ1v) is 13.4. The van der Waals surface area contributed by atoms with Gasteiger partial charge in [-0.3, -0.25) is 0 Å². The molecular formula is C25H44OP2. The molecule has 0 spiro atoms. The van der Waals surface area contributed by atoms with Crippen molar-refractivity contribution in [1.29, 1.82) is 0 Å². The van der Waals surface area contributed by atoms with E-state index in [0.717, 1.165) is 25.9 Å². The molecule has 0 aliphatic rings. The van der Waals surface area contributed by atoms with Crippen LogP contribution in [0.2, 0.25) is 0 Å². The molecule has 0 bridgehead atoms. The van der Waals surface area contributed by atoms with Gasteiger partial charge in [-0.15, -0.1) is 0 Å². The van der Waals surface area contributed by atoms with E-state index in [1.54, 1.807) is 0 Å². The van der Waals surface area contributed by atoms with E-state index in [0.29, 0.717) is 8.50 Å². The van der Waals surface area contributed by atoms with E-state index in [2.05, 4.69) is 80.9 Å². The first kappa shape index (κ1) is 27.5. The number of hydrogen-bond acceptors (Lipinski definition) is 1. The van der Waals surface area contributed by atoms with Crippen molar-refractivity contribution < 1.29 is 4.52 Å². The zero-order valence-electron chi connectivity index (χ0n) is 19.2. The van der Waals surface area contributed by atoms with Crippen LogP contribution in [0.3, 0.4) is 0 Å². The summed E-state index contributed by atoms with van der Waals surface area (Å²) in [5.41, 5.74) is 7.40. The van der Waals surface area contributed by atoms with Gasteiger partial charge in [0.05, 0.1) is 6.61 Å². The molecule has 0 saturated heterocycles. The van der Waals surface area contributed by atoms with Crippen LogP contribution in [-0.2, 0) is 4.52 Å². The first-order chi connectivity index (χ1) is 13.3. The Morgan fingerprint density at radius 3 is 1.32 bits per heavy atom. The number of allylic oxidation sites excluding steroid dienone is 9. The van der Waals surface area contributed by atoms with Gasteiger partial charge in [0.15, 0.2) is 0 Å². The Morgan fingerprint density at radius 2 is 0.964 bits per heavy atom. The molecule has 0 saturated carbocycles. The van der Waals surface area contributed by atoms with Gasteiger partial charge in [-0.2, -0.15) is 0 Å². The average molecular weight is 423 g/mol. The fraction of sp³-hybridized carbons (Fsp3) is 0.600. The highest BCUT2D eigenvalue weighted by Crippen LogP contribution is 2.21. The largest absolute Gasteiger partial charge is 0.354 e. The van der Waals surface area contributed by atoms with E-state index in [-0.39, 0.29) is 0 Å². The Kier molecular flexibility index (Phi) is 18.2. The summed E-state index contributed by atoms with van der Waals surface area (Å²) in [7, 11) is 3.11. The molecule has 2 atom stereocenters. The van der Waals surface area contributed by atoms with Crippen LogP contribution < -0.4 is 0 Å². The standard InChI is InChI=1S/C25H44OP2/c1-21(2)11-7-12-22(3)13-8-14-23(4)15-9-16-24(5)17-10-18-25(6)19-20-26-28-27/h11,13,15,17,19,28H,7-10,12,14,16,18,20,27H2,1-6H3/b22-13+,23-15+,24-17+,25-19-. The predicted octanol–water partition coefficient (Wildman–Crippen LogP) is 9.26. The maximum absolute atomic E-state index is 5.36. The molecule has 3 heteroatoms. The third-order valence-corrected chi connectivity index (χ3v) is 5.62. The minimum absolute atomic E-state index is 0.499. The Morgan fingerprint density at radius 1 is 0.607 bits per heavy atom. The molecular weight excluding hydrogens is 378 g/mol. The maximum Gasteiger partial charge on any atom is 0.0693 e. The molecule has 0 aliphatic heterocycles. The summed E-state index contributed by atoms with van der Waals surface area (Å²) < 4.78 is 5.36. The molecule has 160 valence electrons. The highest BCUT2D eigenvalue weighted by atomic mass is 32.0. The van der Waals surface area contributed by atoms with Gasteiger partial charge >= 0.3 is 0 Å². The maximum atomic E-state index is 5.36. The zero-order valence-corrected chi connectivity index (χ0v) is 21.4. The van der Waals surface area contributed by atoms with Crippen molar-refractivity contribution in [1.82, 2.24) is 0 Å². The van der Waals surface area contributed by atoms with Crippen LogP contribution in [0.15, 0.2) is 58.2 Å². The van der Waals surface area contributed by atoms with Crippen molar-refractivity contribution in [2.24, 2.45) is 0 Å². The second kappa shape index (κ2) is 18.5. The second-order valence-electron chi connectivity index (χ2n) is 8.07. The molecule has 2 unspecified atom stereocenters. The predicted molar refractivity (Wildman–Crippen MR) is 135 cm³/mol. The molecule has 1 nitrogen and oxygen atoms in total. The molecule has 0 radical (unpaired) electrons. The lowest BCUT2D eigenvalue weighted by atomic mass is 10.0. The average Bonchev–Trinajstić information content (AvgIpc) is 2.61. The Balaban J connectivity index is 4.03. The summed E-state index contributed by atoms with van der Waals surface area (Å²) in [6.07, 6.45) is 21.1. The van der Waals surface area contributed by atoms with E-state index < -0.39 is 0 Å². The third kappa shape index (κ3) is 18.9. The molecule has 0 fully saturated rings. The van der Waals surface area contributed by atoms with Crippen molar-refractivity contribution in [3.63, 3.8) is 0 Å². The van der Waals surface area contributed by atoms with E-state index in [9.17, 15) is 0 Å². The van der Waals surface area contributed by atoms with Crippen LogP contribution in [0.5, 0.6) is 0 Å². The minimum atomic E-state index is 0.499. The van der Waals surface area contributed by atoms with Crippen LogP contribution in [0.1, 0.15) is 92.9 Å². The molecule has 0 N–H and O–H groups in total. The highest BCUT2D eigenvalue weighted by molar-refractivity contribution is 8.00. The molecule has 0 amide bonds. The van der Waals surface area contributed by atoms with Crippen molar-refractivity contribution in [3.8, 4) is 0 Å². The monoisotopic (exact) mass is 422 g/mol. The minimum Gasteiger partial charge on any atom is -0.354 e. The highest BCUT2D eigenvalue weighted by Gasteiger charge is 1.94. The van der Waals surface area contributed by atoms with Gasteiger partial charge < -0.3 is 4.52 Å². The lowest BCUT2D eigenvalue weighted by Gasteiger charge is -2.03. The fourth-order valence-electron chi connectivity index (χ4n) is 2.87. The molecule has 0 aromatic carbocycles. The van der Waals surface area contributed by atoms with Gasteiger partial charge in [0.1, 0.15) is 0 Å². The van der Waals surface area contributed by atoms with Gasteiger partial charge in [-0.1, -0.05) is 67.2 Å². The molecule has 0 rings (SSSR count). The Hall–Kier alpha value is -0.480. The van der Waals surface area contributed by atoms with Gasteiger partial charge in [0.25, 0.3) is 0 Å². The van der Waals surface area contributed by atoms with Gasteiger partial charge in [-0.25, -0.2) is 0 Å². The number of hydrogen-bond donors (Lipinski definition) is 0. The van der Waals surface area contributed by atoms with Crippen molar-refractivity contribution in [3.05, 3.63) is 58.2 Å². The van der Waals surface area contributed by atoms with Gasteiger partial charge in [0, 0.05) is 8.50 Å². The van der Waals surface area contributed by atoms with Crippen molar-refractivity contribution in [2.75, 3.05) is 6.61 Å². The summed E-state index contributed by atoms with van der Waals surface area (Å²) >= 11 is 0. The topological polar surface area (TPSA) is 9.23 Å². The van der Waals surface area contributed by atoms with E-state index >= 15 is 0 Å². The SMILES string of the molecule is CC(C)=CCC/C(C)=C/CC/C(C)=C/CC/C(C)=C/CC/C(C)=C\COPP. The summed E-state index contributed by atoms with van der Waals surface area (Å²) in [5, 5.41) is 0. The summed E-state index contributed by atoms with van der Waals surface area (Å²) in [5.74, 6) is 0. The quantitative estimate of drug-likeness (QED) is 0.145. The fourth-order valence-corrected chi connectivity index (χ4v) is 3.34. The van der Waals surface area contributed by atoms with Gasteiger partial charge in [-0.05, 0) is 92.9 Å². The Labute approximate surface area is 179 Å². The smallest absolute Gasteiger partial charge is 0.0693 e. The van der Waals surface area contributed by atoms with Crippen LogP contribution in [0.25, 0.3) is 0 Å². The number of rotatable bonds is 15. The van der Waals surface area contributed by atoms with Gasteiger partial charge in [0.2, 0.25) is 0 Å². The van der Waals surface area contributed by atoms with Crippen molar-refractivity contribution >= 4 is 17.4 Å². The van der Waals surface area contributed by atoms with E-state index in [1.807, 2.05) is 0 Å². The summed E-state index contributed by atoms with van der Waals surface area (Å²) in [6.45, 7) is 14.1. The lowest BCUT2D eigenvalue weighted by Crippen LogP contribution is -1.84. The Bertz CT molecular complexity index is 561. The van der Waals surface area contributed by atoms with Crippen LogP contribution in [0, 0.1) is 0 Å². The normalized spacial score (nSPS) is 14.2. The van der Waals surface area contributed by atoms with Crippen LogP contribution in [-0.4, -0.2) is 6.61 Å². The molecule has 0 heterocycles. The lowest BCUT2D eigenvalue weighted by molar-refractivity contribution is 0.422. The summed E-state index contributed by atoms with van der Waals surface area (Å²) in [4.78, 5) is 0. The van der Waals surface area contributed by atoms with E-state index in [1.165, 1.54) is 60.0 Å². The zero-order chi connectivity index (χ0) is 21.2. The van der Waals surface area contributed by atoms with Crippen LogP contribution >= 0.6 is 17.4 Å². The second-order valence-corrected chi connectivity index (χ2v) is 9.30. The van der Waals surface area contributed by atoms with Crippen molar-refractivity contribution in [2.45, 2.75) is 92.9 Å². The molecule has 0 aromatic rings. The van der Waals surface area contributed by atoms with Crippen LogP contribution in [0.4, 0.5) is 0 Å². The molecule has 0 aromatic heterocycles. The molecule has 28 heavy (non-hydrogen) atoms. The molecule has 0 aliphatic carbocycles. The van der Waals surface area contributed by atoms with E-state index in [4.69, 9.17) is 4.52 Å². The summed E-state index contributed by atoms with van der Waals surface area (Å²) in [6, 6.07) is 0. The third-order valence-electron chi connectivity index (χ3n) is 4.78. The first-order valence-electron chi connectivity index (χ1n) is 10.7.